The summed E-state index contributed by atoms with van der Waals surface area (Å²) in [5.74, 6) is 1.49. The second-order valence-electron chi connectivity index (χ2n) is 6.29. The van der Waals surface area contributed by atoms with Gasteiger partial charge in [0.1, 0.15) is 5.75 Å². The van der Waals surface area contributed by atoms with E-state index >= 15 is 0 Å². The van der Waals surface area contributed by atoms with Gasteiger partial charge in [0.2, 0.25) is 5.91 Å². The molecule has 2 atom stereocenters. The van der Waals surface area contributed by atoms with Crippen LogP contribution >= 0.6 is 0 Å². The predicted molar refractivity (Wildman–Crippen MR) is 90.3 cm³/mol. The molecule has 1 aromatic rings. The molecule has 0 bridgehead atoms. The molecular formula is C18H28N2O2. The highest BCUT2D eigenvalue weighted by Gasteiger charge is 2.23. The number of hydrogen-bond donors (Lipinski definition) is 2. The minimum atomic E-state index is -0.195. The highest BCUT2D eigenvalue weighted by molar-refractivity contribution is 5.94. The molecule has 1 aliphatic carbocycles. The topological polar surface area (TPSA) is 50.4 Å². The number of nitrogens with one attached hydrogen (secondary N) is 2. The number of anilines is 1. The lowest BCUT2D eigenvalue weighted by Crippen LogP contribution is -2.46. The van der Waals surface area contributed by atoms with Crippen LogP contribution in [0.4, 0.5) is 5.69 Å². The lowest BCUT2D eigenvalue weighted by Gasteiger charge is -2.30. The summed E-state index contributed by atoms with van der Waals surface area (Å²) in [7, 11) is 1.63. The third kappa shape index (κ3) is 4.73. The Morgan fingerprint density at radius 1 is 1.14 bits per heavy atom. The van der Waals surface area contributed by atoms with Crippen molar-refractivity contribution in [3.8, 4) is 5.75 Å². The number of benzene rings is 1. The molecule has 122 valence electrons. The van der Waals surface area contributed by atoms with Crippen molar-refractivity contribution >= 4 is 11.6 Å². The van der Waals surface area contributed by atoms with E-state index in [0.29, 0.717) is 12.0 Å². The van der Waals surface area contributed by atoms with Crippen molar-refractivity contribution in [3.63, 3.8) is 0 Å². The summed E-state index contributed by atoms with van der Waals surface area (Å²) >= 11 is 0. The molecule has 2 N–H and O–H groups in total. The van der Waals surface area contributed by atoms with Gasteiger partial charge in [0.25, 0.3) is 0 Å². The molecular weight excluding hydrogens is 276 g/mol. The lowest BCUT2D eigenvalue weighted by atomic mass is 9.84. The van der Waals surface area contributed by atoms with E-state index in [1.165, 1.54) is 32.1 Å². The Balaban J connectivity index is 1.82. The molecule has 2 rings (SSSR count). The Kier molecular flexibility index (Phi) is 6.25. The molecule has 0 unspecified atom stereocenters. The Hall–Kier alpha value is -1.55. The summed E-state index contributed by atoms with van der Waals surface area (Å²) < 4.78 is 5.12. The van der Waals surface area contributed by atoms with Gasteiger partial charge >= 0.3 is 0 Å². The molecule has 0 heterocycles. The molecule has 4 nitrogen and oxygen atoms in total. The fraction of sp³-hybridized carbons (Fsp3) is 0.611. The number of hydrogen-bond acceptors (Lipinski definition) is 3. The van der Waals surface area contributed by atoms with Gasteiger partial charge in [0, 0.05) is 11.7 Å². The van der Waals surface area contributed by atoms with Gasteiger partial charge in [-0.1, -0.05) is 19.3 Å². The van der Waals surface area contributed by atoms with Gasteiger partial charge in [-0.3, -0.25) is 4.79 Å². The third-order valence-corrected chi connectivity index (χ3v) is 4.62. The van der Waals surface area contributed by atoms with Crippen LogP contribution in [0, 0.1) is 5.92 Å². The predicted octanol–water partition coefficient (Wildman–Crippen LogP) is 3.58. The maximum absolute atomic E-state index is 12.3. The zero-order chi connectivity index (χ0) is 15.9. The molecule has 1 aliphatic rings. The molecule has 0 radical (unpaired) electrons. The molecule has 22 heavy (non-hydrogen) atoms. The van der Waals surface area contributed by atoms with Gasteiger partial charge in [-0.2, -0.15) is 0 Å². The largest absolute Gasteiger partial charge is 0.497 e. The monoisotopic (exact) mass is 304 g/mol. The second kappa shape index (κ2) is 8.18. The van der Waals surface area contributed by atoms with E-state index in [2.05, 4.69) is 17.6 Å². The number of ether oxygens (including phenoxy) is 1. The smallest absolute Gasteiger partial charge is 0.241 e. The van der Waals surface area contributed by atoms with Crippen LogP contribution in [-0.4, -0.2) is 25.1 Å². The molecule has 0 aliphatic heterocycles. The van der Waals surface area contributed by atoms with E-state index < -0.39 is 0 Å². The van der Waals surface area contributed by atoms with E-state index in [4.69, 9.17) is 4.74 Å². The van der Waals surface area contributed by atoms with Crippen molar-refractivity contribution < 1.29 is 9.53 Å². The Morgan fingerprint density at radius 3 is 2.36 bits per heavy atom. The lowest BCUT2D eigenvalue weighted by molar-refractivity contribution is -0.118. The minimum absolute atomic E-state index is 0.00725. The average Bonchev–Trinajstić information content (AvgIpc) is 2.56. The first kappa shape index (κ1) is 16.8. The third-order valence-electron chi connectivity index (χ3n) is 4.62. The van der Waals surface area contributed by atoms with Gasteiger partial charge in [-0.25, -0.2) is 0 Å². The zero-order valence-corrected chi connectivity index (χ0v) is 13.9. The Morgan fingerprint density at radius 2 is 1.77 bits per heavy atom. The molecule has 1 amide bonds. The number of carbonyl (C=O) groups excluding carboxylic acids is 1. The van der Waals surface area contributed by atoms with Gasteiger partial charge < -0.3 is 15.4 Å². The minimum Gasteiger partial charge on any atom is -0.497 e. The summed E-state index contributed by atoms with van der Waals surface area (Å²) in [6.45, 7) is 4.13. The molecule has 1 aromatic carbocycles. The van der Waals surface area contributed by atoms with E-state index in [9.17, 15) is 4.79 Å². The summed E-state index contributed by atoms with van der Waals surface area (Å²) in [5.41, 5.74) is 0.796. The number of carbonyl (C=O) groups is 1. The second-order valence-corrected chi connectivity index (χ2v) is 6.29. The highest BCUT2D eigenvalue weighted by atomic mass is 16.5. The maximum Gasteiger partial charge on any atom is 0.241 e. The molecule has 4 heteroatoms. The number of amides is 1. The van der Waals surface area contributed by atoms with Crippen LogP contribution < -0.4 is 15.4 Å². The van der Waals surface area contributed by atoms with Crippen molar-refractivity contribution in [2.45, 2.75) is 58.0 Å². The normalized spacial score (nSPS) is 18.5. The van der Waals surface area contributed by atoms with Crippen LogP contribution in [-0.2, 0) is 4.79 Å². The fourth-order valence-electron chi connectivity index (χ4n) is 3.17. The molecule has 1 fully saturated rings. The van der Waals surface area contributed by atoms with Crippen molar-refractivity contribution in [1.82, 2.24) is 5.32 Å². The van der Waals surface area contributed by atoms with Gasteiger partial charge in [-0.05, 0) is 56.9 Å². The summed E-state index contributed by atoms with van der Waals surface area (Å²) in [6.07, 6.45) is 6.56. The molecule has 1 saturated carbocycles. The van der Waals surface area contributed by atoms with Crippen molar-refractivity contribution in [2.24, 2.45) is 5.92 Å². The summed E-state index contributed by atoms with van der Waals surface area (Å²) in [4.78, 5) is 12.3. The SMILES string of the molecule is COc1ccc(NC(=O)[C@@H](C)N[C@H](C)C2CCCCC2)cc1. The van der Waals surface area contributed by atoms with Crippen LogP contribution in [0.3, 0.4) is 0 Å². The molecule has 0 saturated heterocycles. The van der Waals surface area contributed by atoms with Gasteiger partial charge in [0.05, 0.1) is 13.2 Å². The molecule has 0 spiro atoms. The van der Waals surface area contributed by atoms with E-state index in [1.807, 2.05) is 31.2 Å². The van der Waals surface area contributed by atoms with Crippen LogP contribution in [0.1, 0.15) is 46.0 Å². The van der Waals surface area contributed by atoms with Crippen molar-refractivity contribution in [3.05, 3.63) is 24.3 Å². The zero-order valence-electron chi connectivity index (χ0n) is 13.9. The standard InChI is InChI=1S/C18H28N2O2/c1-13(15-7-5-4-6-8-15)19-14(2)18(21)20-16-9-11-17(22-3)12-10-16/h9-15,19H,4-8H2,1-3H3,(H,20,21)/t13-,14-/m1/s1. The van der Waals surface area contributed by atoms with Crippen LogP contribution in [0.25, 0.3) is 0 Å². The van der Waals surface area contributed by atoms with Crippen molar-refractivity contribution in [1.29, 1.82) is 0 Å². The van der Waals surface area contributed by atoms with Crippen LogP contribution in [0.15, 0.2) is 24.3 Å². The molecule has 0 aromatic heterocycles. The fourth-order valence-corrected chi connectivity index (χ4v) is 3.17. The van der Waals surface area contributed by atoms with E-state index in [-0.39, 0.29) is 11.9 Å². The number of methoxy groups -OCH3 is 1. The summed E-state index contributed by atoms with van der Waals surface area (Å²) in [6, 6.07) is 7.59. The first-order chi connectivity index (χ1) is 10.6. The first-order valence-electron chi connectivity index (χ1n) is 8.31. The van der Waals surface area contributed by atoms with Gasteiger partial charge in [-0.15, -0.1) is 0 Å². The average molecular weight is 304 g/mol. The first-order valence-corrected chi connectivity index (χ1v) is 8.31. The quantitative estimate of drug-likeness (QED) is 0.844. The maximum atomic E-state index is 12.3. The van der Waals surface area contributed by atoms with Crippen LogP contribution in [0.5, 0.6) is 5.75 Å². The highest BCUT2D eigenvalue weighted by Crippen LogP contribution is 2.26. The van der Waals surface area contributed by atoms with E-state index in [0.717, 1.165) is 11.4 Å². The van der Waals surface area contributed by atoms with Gasteiger partial charge in [0.15, 0.2) is 0 Å². The summed E-state index contributed by atoms with van der Waals surface area (Å²) in [5, 5.41) is 6.40. The Bertz CT molecular complexity index is 466. The van der Waals surface area contributed by atoms with Crippen molar-refractivity contribution in [2.75, 3.05) is 12.4 Å². The Labute approximate surface area is 133 Å². The van der Waals surface area contributed by atoms with Crippen LogP contribution in [0.2, 0.25) is 0 Å². The number of rotatable bonds is 6. The van der Waals surface area contributed by atoms with E-state index in [1.54, 1.807) is 7.11 Å².